The van der Waals surface area contributed by atoms with Crippen molar-refractivity contribution in [1.82, 2.24) is 20.5 Å². The van der Waals surface area contributed by atoms with E-state index in [2.05, 4.69) is 63.6 Å². The van der Waals surface area contributed by atoms with Gasteiger partial charge in [-0.05, 0) is 44.4 Å². The minimum atomic E-state index is 0.677. The first kappa shape index (κ1) is 19.8. The number of nitrogens with zero attached hydrogens (tertiary/aromatic N) is 3. The van der Waals surface area contributed by atoms with Crippen LogP contribution < -0.4 is 10.6 Å². The van der Waals surface area contributed by atoms with Crippen LogP contribution >= 0.6 is 11.3 Å². The quantitative estimate of drug-likeness (QED) is 0.588. The summed E-state index contributed by atoms with van der Waals surface area (Å²) in [6.07, 6.45) is 5.90. The van der Waals surface area contributed by atoms with Crippen molar-refractivity contribution in [2.45, 2.75) is 58.8 Å². The number of guanidine groups is 1. The number of benzene rings is 1. The number of rotatable bonds is 6. The van der Waals surface area contributed by atoms with Gasteiger partial charge in [0.1, 0.15) is 5.01 Å². The van der Waals surface area contributed by atoms with E-state index in [1.165, 1.54) is 41.8 Å². The molecule has 1 aromatic heterocycles. The molecule has 0 spiro atoms. The molecule has 3 rings (SSSR count). The highest BCUT2D eigenvalue weighted by molar-refractivity contribution is 7.11. The van der Waals surface area contributed by atoms with Crippen LogP contribution in [0.1, 0.15) is 47.2 Å². The van der Waals surface area contributed by atoms with Crippen LogP contribution in [-0.2, 0) is 19.6 Å². The van der Waals surface area contributed by atoms with Crippen molar-refractivity contribution in [2.24, 2.45) is 4.99 Å². The highest BCUT2D eigenvalue weighted by atomic mass is 32.1. The number of hydrogen-bond donors (Lipinski definition) is 2. The number of aryl methyl sites for hydroxylation is 1. The summed E-state index contributed by atoms with van der Waals surface area (Å²) in [6, 6.07) is 9.41. The van der Waals surface area contributed by atoms with Gasteiger partial charge in [-0.1, -0.05) is 30.7 Å². The molecule has 0 radical (unpaired) electrons. The molecule has 1 unspecified atom stereocenters. The summed E-state index contributed by atoms with van der Waals surface area (Å²) in [5.74, 6) is 0.809. The zero-order valence-corrected chi connectivity index (χ0v) is 17.5. The summed E-state index contributed by atoms with van der Waals surface area (Å²) in [5, 5.41) is 7.88. The third-order valence-corrected chi connectivity index (χ3v) is 6.09. The molecule has 5 nitrogen and oxygen atoms in total. The Balaban J connectivity index is 1.56. The van der Waals surface area contributed by atoms with Gasteiger partial charge in [-0.15, -0.1) is 11.3 Å². The van der Waals surface area contributed by atoms with Crippen molar-refractivity contribution in [2.75, 3.05) is 13.6 Å². The van der Waals surface area contributed by atoms with Crippen molar-refractivity contribution in [3.8, 4) is 0 Å². The SMILES string of the molecule is CN=C(NCc1ncc(C)s1)NCc1ccccc1CN1CCCCC1C. The van der Waals surface area contributed by atoms with E-state index in [1.807, 2.05) is 13.2 Å². The van der Waals surface area contributed by atoms with Crippen LogP contribution in [0.25, 0.3) is 0 Å². The first-order chi connectivity index (χ1) is 13.2. The molecule has 2 aromatic rings. The maximum atomic E-state index is 4.39. The van der Waals surface area contributed by atoms with Gasteiger partial charge in [0.2, 0.25) is 0 Å². The van der Waals surface area contributed by atoms with Crippen LogP contribution in [0, 0.1) is 6.92 Å². The van der Waals surface area contributed by atoms with E-state index in [4.69, 9.17) is 0 Å². The molecule has 1 aliphatic rings. The number of likely N-dealkylation sites (tertiary alicyclic amines) is 1. The molecule has 1 fully saturated rings. The summed E-state index contributed by atoms with van der Waals surface area (Å²) in [6.45, 7) is 8.14. The Bertz CT molecular complexity index is 755. The van der Waals surface area contributed by atoms with Crippen LogP contribution in [0.3, 0.4) is 0 Å². The van der Waals surface area contributed by atoms with Gasteiger partial charge in [0.15, 0.2) is 5.96 Å². The second-order valence-corrected chi connectivity index (χ2v) is 8.55. The van der Waals surface area contributed by atoms with Gasteiger partial charge in [0.05, 0.1) is 6.54 Å². The highest BCUT2D eigenvalue weighted by Gasteiger charge is 2.19. The molecule has 0 amide bonds. The number of thiazole rings is 1. The Morgan fingerprint density at radius 3 is 2.70 bits per heavy atom. The number of nitrogens with one attached hydrogen (secondary N) is 2. The molecule has 1 aliphatic heterocycles. The fourth-order valence-electron chi connectivity index (χ4n) is 3.54. The Kier molecular flexibility index (Phi) is 7.24. The number of aromatic nitrogens is 1. The van der Waals surface area contributed by atoms with Gasteiger partial charge in [-0.2, -0.15) is 0 Å². The Morgan fingerprint density at radius 2 is 2.00 bits per heavy atom. The minimum Gasteiger partial charge on any atom is -0.352 e. The molecular weight excluding hydrogens is 354 g/mol. The number of hydrogen-bond acceptors (Lipinski definition) is 4. The van der Waals surface area contributed by atoms with Crippen LogP contribution in [-0.4, -0.2) is 35.5 Å². The Morgan fingerprint density at radius 1 is 1.22 bits per heavy atom. The molecule has 1 atom stereocenters. The second kappa shape index (κ2) is 9.85. The van der Waals surface area contributed by atoms with Gasteiger partial charge in [-0.3, -0.25) is 9.89 Å². The van der Waals surface area contributed by atoms with E-state index in [9.17, 15) is 0 Å². The van der Waals surface area contributed by atoms with Gasteiger partial charge in [0, 0.05) is 37.3 Å². The highest BCUT2D eigenvalue weighted by Crippen LogP contribution is 2.20. The van der Waals surface area contributed by atoms with Crippen molar-refractivity contribution < 1.29 is 0 Å². The molecule has 2 heterocycles. The lowest BCUT2D eigenvalue weighted by Gasteiger charge is -2.33. The van der Waals surface area contributed by atoms with Gasteiger partial charge in [-0.25, -0.2) is 4.98 Å². The van der Waals surface area contributed by atoms with Crippen LogP contribution in [0.4, 0.5) is 0 Å². The van der Waals surface area contributed by atoms with E-state index < -0.39 is 0 Å². The van der Waals surface area contributed by atoms with Gasteiger partial charge >= 0.3 is 0 Å². The van der Waals surface area contributed by atoms with Crippen molar-refractivity contribution in [1.29, 1.82) is 0 Å². The third-order valence-electron chi connectivity index (χ3n) is 5.18. The largest absolute Gasteiger partial charge is 0.352 e. The summed E-state index contributed by atoms with van der Waals surface area (Å²) in [4.78, 5) is 12.6. The molecule has 0 bridgehead atoms. The van der Waals surface area contributed by atoms with Gasteiger partial charge in [0.25, 0.3) is 0 Å². The molecule has 6 heteroatoms. The summed E-state index contributed by atoms with van der Waals surface area (Å²) >= 11 is 1.71. The summed E-state index contributed by atoms with van der Waals surface area (Å²) < 4.78 is 0. The number of piperidine rings is 1. The predicted octanol–water partition coefficient (Wildman–Crippen LogP) is 3.69. The number of aliphatic imine (C=N–C) groups is 1. The summed E-state index contributed by atoms with van der Waals surface area (Å²) in [7, 11) is 1.81. The third kappa shape index (κ3) is 5.78. The lowest BCUT2D eigenvalue weighted by atomic mass is 10.0. The average molecular weight is 386 g/mol. The van der Waals surface area contributed by atoms with Crippen LogP contribution in [0.2, 0.25) is 0 Å². The van der Waals surface area contributed by atoms with E-state index in [0.29, 0.717) is 12.6 Å². The topological polar surface area (TPSA) is 52.6 Å². The smallest absolute Gasteiger partial charge is 0.191 e. The van der Waals surface area contributed by atoms with Crippen molar-refractivity contribution >= 4 is 17.3 Å². The first-order valence-corrected chi connectivity index (χ1v) is 10.6. The molecule has 2 N–H and O–H groups in total. The fraction of sp³-hybridized carbons (Fsp3) is 0.524. The molecule has 1 saturated heterocycles. The first-order valence-electron chi connectivity index (χ1n) is 9.82. The van der Waals surface area contributed by atoms with Crippen molar-refractivity contribution in [3.05, 3.63) is 51.5 Å². The maximum absolute atomic E-state index is 4.39. The van der Waals surface area contributed by atoms with E-state index in [1.54, 1.807) is 11.3 Å². The van der Waals surface area contributed by atoms with Crippen LogP contribution in [0.5, 0.6) is 0 Å². The monoisotopic (exact) mass is 385 g/mol. The van der Waals surface area contributed by atoms with E-state index in [-0.39, 0.29) is 0 Å². The van der Waals surface area contributed by atoms with E-state index in [0.717, 1.165) is 24.1 Å². The molecule has 1 aromatic carbocycles. The average Bonchev–Trinajstić information content (AvgIpc) is 3.10. The van der Waals surface area contributed by atoms with Crippen molar-refractivity contribution in [3.63, 3.8) is 0 Å². The standard InChI is InChI=1S/C21H31N5S/c1-16-8-6-7-11-26(16)15-19-10-5-4-9-18(19)13-24-21(22-3)25-14-20-23-12-17(2)27-20/h4-5,9-10,12,16H,6-8,11,13-15H2,1-3H3,(H2,22,24,25). The second-order valence-electron chi connectivity index (χ2n) is 7.23. The molecule has 0 aliphatic carbocycles. The lowest BCUT2D eigenvalue weighted by Crippen LogP contribution is -2.38. The predicted molar refractivity (Wildman–Crippen MR) is 114 cm³/mol. The summed E-state index contributed by atoms with van der Waals surface area (Å²) in [5.41, 5.74) is 2.74. The zero-order valence-electron chi connectivity index (χ0n) is 16.7. The molecule has 27 heavy (non-hydrogen) atoms. The molecular formula is C21H31N5S. The van der Waals surface area contributed by atoms with Crippen LogP contribution in [0.15, 0.2) is 35.5 Å². The molecule has 0 saturated carbocycles. The Hall–Kier alpha value is -1.92. The maximum Gasteiger partial charge on any atom is 0.191 e. The zero-order chi connectivity index (χ0) is 19.1. The molecule has 146 valence electrons. The Labute approximate surface area is 166 Å². The minimum absolute atomic E-state index is 0.677. The van der Waals surface area contributed by atoms with Gasteiger partial charge < -0.3 is 10.6 Å². The normalized spacial score (nSPS) is 18.5. The van der Waals surface area contributed by atoms with E-state index >= 15 is 0 Å². The lowest BCUT2D eigenvalue weighted by molar-refractivity contribution is 0.152. The fourth-order valence-corrected chi connectivity index (χ4v) is 4.26.